The summed E-state index contributed by atoms with van der Waals surface area (Å²) in [5, 5.41) is 10.6. The van der Waals surface area contributed by atoms with Crippen molar-refractivity contribution in [2.45, 2.75) is 12.8 Å². The van der Waals surface area contributed by atoms with Crippen molar-refractivity contribution in [3.63, 3.8) is 0 Å². The number of hydrogen-bond donors (Lipinski definition) is 0. The molecule has 1 rings (SSSR count). The van der Waals surface area contributed by atoms with E-state index >= 15 is 0 Å². The molecular formula is C9H11N3O3. The van der Waals surface area contributed by atoms with Gasteiger partial charge in [0.2, 0.25) is 11.7 Å². The molecule has 1 aliphatic rings. The molecule has 0 N–H and O–H groups in total. The van der Waals surface area contributed by atoms with Gasteiger partial charge in [-0.25, -0.2) is 4.99 Å². The van der Waals surface area contributed by atoms with Crippen LogP contribution in [-0.2, 0) is 4.79 Å². The van der Waals surface area contributed by atoms with E-state index in [1.807, 2.05) is 0 Å². The molecule has 0 aromatic rings. The van der Waals surface area contributed by atoms with Crippen molar-refractivity contribution < 1.29 is 9.72 Å². The number of carbonyl (C=O) groups excluding carboxylic acids is 1. The van der Waals surface area contributed by atoms with Crippen molar-refractivity contribution in [3.8, 4) is 0 Å². The van der Waals surface area contributed by atoms with Gasteiger partial charge in [-0.15, -0.1) is 0 Å². The third-order valence-corrected chi connectivity index (χ3v) is 2.10. The van der Waals surface area contributed by atoms with E-state index in [2.05, 4.69) is 18.3 Å². The molecule has 0 aromatic heterocycles. The molecule has 1 aliphatic heterocycles. The minimum Gasteiger partial charge on any atom is -0.291 e. The van der Waals surface area contributed by atoms with Crippen LogP contribution in [0.3, 0.4) is 0 Å². The summed E-state index contributed by atoms with van der Waals surface area (Å²) in [6, 6.07) is 0. The Morgan fingerprint density at radius 1 is 1.67 bits per heavy atom. The van der Waals surface area contributed by atoms with Crippen molar-refractivity contribution in [1.29, 1.82) is 0 Å². The van der Waals surface area contributed by atoms with Gasteiger partial charge in [0.1, 0.15) is 0 Å². The molecule has 0 bridgehead atoms. The zero-order chi connectivity index (χ0) is 11.4. The third-order valence-electron chi connectivity index (χ3n) is 2.10. The Morgan fingerprint density at radius 3 is 2.67 bits per heavy atom. The number of amides is 1. The van der Waals surface area contributed by atoms with Gasteiger partial charge in [0, 0.05) is 19.0 Å². The minimum absolute atomic E-state index is 0.0162. The summed E-state index contributed by atoms with van der Waals surface area (Å²) in [4.78, 5) is 26.2. The van der Waals surface area contributed by atoms with Crippen molar-refractivity contribution in [1.82, 2.24) is 4.90 Å². The van der Waals surface area contributed by atoms with Crippen LogP contribution in [0, 0.1) is 10.1 Å². The summed E-state index contributed by atoms with van der Waals surface area (Å²) in [6.45, 7) is 7.00. The highest BCUT2D eigenvalue weighted by molar-refractivity contribution is 5.80. The van der Waals surface area contributed by atoms with Crippen molar-refractivity contribution in [2.75, 3.05) is 6.54 Å². The topological polar surface area (TPSA) is 75.8 Å². The average Bonchev–Trinajstić information content (AvgIpc) is 2.60. The second-order valence-electron chi connectivity index (χ2n) is 2.98. The minimum atomic E-state index is -0.622. The molecule has 0 unspecified atom stereocenters. The van der Waals surface area contributed by atoms with Crippen LogP contribution in [0.4, 0.5) is 0 Å². The Morgan fingerprint density at radius 2 is 2.33 bits per heavy atom. The molecule has 15 heavy (non-hydrogen) atoms. The maximum absolute atomic E-state index is 11.4. The molecule has 0 spiro atoms. The van der Waals surface area contributed by atoms with Crippen molar-refractivity contribution in [3.05, 3.63) is 34.3 Å². The molecule has 6 nitrogen and oxygen atoms in total. The van der Waals surface area contributed by atoms with Gasteiger partial charge in [0.05, 0.1) is 4.92 Å². The van der Waals surface area contributed by atoms with Crippen LogP contribution in [0.1, 0.15) is 12.8 Å². The first-order valence-corrected chi connectivity index (χ1v) is 4.40. The van der Waals surface area contributed by atoms with E-state index in [-0.39, 0.29) is 17.4 Å². The number of aliphatic imine (C=N–C) groups is 1. The molecule has 0 saturated carbocycles. The van der Waals surface area contributed by atoms with E-state index in [0.29, 0.717) is 19.4 Å². The zero-order valence-electron chi connectivity index (χ0n) is 8.18. The van der Waals surface area contributed by atoms with Gasteiger partial charge in [-0.3, -0.25) is 19.8 Å². The fourth-order valence-corrected chi connectivity index (χ4v) is 1.42. The average molecular weight is 209 g/mol. The lowest BCUT2D eigenvalue weighted by molar-refractivity contribution is -0.421. The van der Waals surface area contributed by atoms with Crippen molar-refractivity contribution >= 4 is 12.6 Å². The number of carbonyl (C=O) groups is 1. The van der Waals surface area contributed by atoms with E-state index in [4.69, 9.17) is 0 Å². The van der Waals surface area contributed by atoms with Crippen LogP contribution in [0.5, 0.6) is 0 Å². The molecular weight excluding hydrogens is 198 g/mol. The Kier molecular flexibility index (Phi) is 3.33. The lowest BCUT2D eigenvalue weighted by Crippen LogP contribution is -2.25. The van der Waals surface area contributed by atoms with Gasteiger partial charge in [-0.2, -0.15) is 0 Å². The monoisotopic (exact) mass is 209 g/mol. The summed E-state index contributed by atoms with van der Waals surface area (Å²) in [7, 11) is 0. The zero-order valence-corrected chi connectivity index (χ0v) is 8.18. The maximum Gasteiger partial charge on any atom is 0.311 e. The maximum atomic E-state index is 11.4. The van der Waals surface area contributed by atoms with Gasteiger partial charge in [-0.1, -0.05) is 6.58 Å². The largest absolute Gasteiger partial charge is 0.311 e. The standard InChI is InChI=1S/C9H11N3O3/c1-3-7(12(14)15)9(10-2)11-6-4-5-8(11)13/h3H,1-2,4-6H2/b9-7-. The Balaban J connectivity index is 3.15. The fraction of sp³-hybridized carbons (Fsp3) is 0.333. The third kappa shape index (κ3) is 2.09. The number of likely N-dealkylation sites (tertiary alicyclic amines) is 1. The van der Waals surface area contributed by atoms with Gasteiger partial charge in [-0.05, 0) is 13.1 Å². The van der Waals surface area contributed by atoms with Gasteiger partial charge >= 0.3 is 5.70 Å². The first-order valence-electron chi connectivity index (χ1n) is 4.40. The Labute approximate surface area is 86.7 Å². The Hall–Kier alpha value is -1.98. The molecule has 0 aliphatic carbocycles. The second kappa shape index (κ2) is 4.50. The number of allylic oxidation sites excluding steroid dienone is 1. The molecule has 1 amide bonds. The highest BCUT2D eigenvalue weighted by Gasteiger charge is 2.28. The lowest BCUT2D eigenvalue weighted by atomic mass is 10.4. The summed E-state index contributed by atoms with van der Waals surface area (Å²) in [5.41, 5.74) is -0.291. The van der Waals surface area contributed by atoms with E-state index in [0.717, 1.165) is 6.08 Å². The van der Waals surface area contributed by atoms with Gasteiger partial charge < -0.3 is 0 Å². The quantitative estimate of drug-likeness (QED) is 0.299. The predicted octanol–water partition coefficient (Wildman–Crippen LogP) is 0.941. The first-order chi connectivity index (χ1) is 7.11. The van der Waals surface area contributed by atoms with Crippen LogP contribution in [0.15, 0.2) is 29.2 Å². The van der Waals surface area contributed by atoms with E-state index in [9.17, 15) is 14.9 Å². The van der Waals surface area contributed by atoms with E-state index < -0.39 is 4.92 Å². The predicted molar refractivity (Wildman–Crippen MR) is 54.7 cm³/mol. The second-order valence-corrected chi connectivity index (χ2v) is 2.98. The number of hydrogen-bond acceptors (Lipinski definition) is 4. The number of nitrogens with zero attached hydrogens (tertiary/aromatic N) is 3. The van der Waals surface area contributed by atoms with Crippen LogP contribution < -0.4 is 0 Å². The van der Waals surface area contributed by atoms with E-state index in [1.54, 1.807) is 0 Å². The number of rotatable bonds is 4. The summed E-state index contributed by atoms with van der Waals surface area (Å²) in [6.07, 6.45) is 2.14. The van der Waals surface area contributed by atoms with Crippen LogP contribution >= 0.6 is 0 Å². The van der Waals surface area contributed by atoms with Crippen LogP contribution in [-0.4, -0.2) is 29.0 Å². The summed E-state index contributed by atoms with van der Waals surface area (Å²) >= 11 is 0. The molecule has 0 atom stereocenters. The molecule has 0 aromatic carbocycles. The molecule has 6 heteroatoms. The SMILES string of the molecule is C=C/C(=C(\N=C)N1CCCC1=O)[N+](=O)[O-]. The van der Waals surface area contributed by atoms with Gasteiger partial charge in [0.15, 0.2) is 0 Å². The molecule has 1 saturated heterocycles. The van der Waals surface area contributed by atoms with Crippen LogP contribution in [0.25, 0.3) is 0 Å². The lowest BCUT2D eigenvalue weighted by Gasteiger charge is -2.14. The summed E-state index contributed by atoms with van der Waals surface area (Å²) < 4.78 is 0. The molecule has 1 heterocycles. The highest BCUT2D eigenvalue weighted by Crippen LogP contribution is 2.20. The Bertz CT molecular complexity index is 360. The molecule has 0 radical (unpaired) electrons. The number of nitro groups is 1. The molecule has 1 fully saturated rings. The van der Waals surface area contributed by atoms with Crippen molar-refractivity contribution in [2.24, 2.45) is 4.99 Å². The molecule has 80 valence electrons. The van der Waals surface area contributed by atoms with Crippen LogP contribution in [0.2, 0.25) is 0 Å². The summed E-state index contributed by atoms with van der Waals surface area (Å²) in [5.74, 6) is -0.184. The van der Waals surface area contributed by atoms with Gasteiger partial charge in [0.25, 0.3) is 0 Å². The van der Waals surface area contributed by atoms with E-state index in [1.165, 1.54) is 4.90 Å². The highest BCUT2D eigenvalue weighted by atomic mass is 16.6. The first kappa shape index (κ1) is 11.1. The smallest absolute Gasteiger partial charge is 0.291 e. The normalized spacial score (nSPS) is 17.3. The fourth-order valence-electron chi connectivity index (χ4n) is 1.42.